The van der Waals surface area contributed by atoms with Gasteiger partial charge in [0.05, 0.1) is 32.6 Å². The van der Waals surface area contributed by atoms with Gasteiger partial charge in [0.2, 0.25) is 0 Å². The van der Waals surface area contributed by atoms with Gasteiger partial charge < -0.3 is 14.6 Å². The van der Waals surface area contributed by atoms with Crippen LogP contribution in [0.1, 0.15) is 30.3 Å². The summed E-state index contributed by atoms with van der Waals surface area (Å²) in [6.07, 6.45) is 2.79. The molecule has 1 heterocycles. The van der Waals surface area contributed by atoms with Crippen LogP contribution in [-0.2, 0) is 16.0 Å². The molecule has 0 spiro atoms. The fourth-order valence-electron chi connectivity index (χ4n) is 1.32. The highest BCUT2D eigenvalue weighted by molar-refractivity contribution is 5.86. The molecule has 0 saturated carbocycles. The van der Waals surface area contributed by atoms with Crippen molar-refractivity contribution in [3.05, 3.63) is 11.9 Å². The molecule has 1 atom stereocenters. The smallest absolute Gasteiger partial charge is 0.360 e. The summed E-state index contributed by atoms with van der Waals surface area (Å²) >= 11 is 0. The van der Waals surface area contributed by atoms with Crippen molar-refractivity contribution in [2.24, 2.45) is 0 Å². The molecule has 0 fully saturated rings. The summed E-state index contributed by atoms with van der Waals surface area (Å²) in [7, 11) is 1.28. The van der Waals surface area contributed by atoms with E-state index in [4.69, 9.17) is 4.74 Å². The van der Waals surface area contributed by atoms with Gasteiger partial charge in [-0.2, -0.15) is 0 Å². The van der Waals surface area contributed by atoms with Crippen molar-refractivity contribution in [3.8, 4) is 0 Å². The zero-order valence-corrected chi connectivity index (χ0v) is 10.7. The van der Waals surface area contributed by atoms with Gasteiger partial charge in [-0.15, -0.1) is 5.10 Å². The van der Waals surface area contributed by atoms with Crippen LogP contribution in [0.3, 0.4) is 0 Å². The Morgan fingerprint density at radius 3 is 3.06 bits per heavy atom. The van der Waals surface area contributed by atoms with E-state index in [9.17, 15) is 9.90 Å². The molecule has 0 aromatic carbocycles. The second-order valence-electron chi connectivity index (χ2n) is 3.90. The van der Waals surface area contributed by atoms with Gasteiger partial charge in [0, 0.05) is 6.61 Å². The maximum Gasteiger partial charge on any atom is 0.360 e. The molecule has 1 aromatic rings. The molecule has 7 nitrogen and oxygen atoms in total. The SMILES string of the molecule is CCCCOCC(O)Cn1cc(C(=O)OC)nn1. The highest BCUT2D eigenvalue weighted by Crippen LogP contribution is 1.98. The number of ether oxygens (including phenoxy) is 2. The molecule has 18 heavy (non-hydrogen) atoms. The number of carbonyl (C=O) groups is 1. The van der Waals surface area contributed by atoms with Crippen LogP contribution in [0.4, 0.5) is 0 Å². The molecule has 0 amide bonds. The normalized spacial score (nSPS) is 12.4. The van der Waals surface area contributed by atoms with Crippen molar-refractivity contribution in [3.63, 3.8) is 0 Å². The van der Waals surface area contributed by atoms with Crippen molar-refractivity contribution in [1.82, 2.24) is 15.0 Å². The summed E-state index contributed by atoms with van der Waals surface area (Å²) in [5.41, 5.74) is 0.122. The molecule has 1 unspecified atom stereocenters. The largest absolute Gasteiger partial charge is 0.464 e. The Hall–Kier alpha value is -1.47. The maximum atomic E-state index is 11.1. The van der Waals surface area contributed by atoms with Crippen LogP contribution in [0.25, 0.3) is 0 Å². The van der Waals surface area contributed by atoms with E-state index >= 15 is 0 Å². The summed E-state index contributed by atoms with van der Waals surface area (Å²) < 4.78 is 11.2. The second-order valence-corrected chi connectivity index (χ2v) is 3.90. The average molecular weight is 257 g/mol. The Labute approximate surface area is 106 Å². The van der Waals surface area contributed by atoms with E-state index in [-0.39, 0.29) is 18.8 Å². The number of unbranched alkanes of at least 4 members (excludes halogenated alkanes) is 1. The standard InChI is InChI=1S/C11H19N3O4/c1-3-4-5-18-8-9(15)6-14-7-10(12-13-14)11(16)17-2/h7,9,15H,3-6,8H2,1-2H3. The van der Waals surface area contributed by atoms with Crippen molar-refractivity contribution < 1.29 is 19.4 Å². The van der Waals surface area contributed by atoms with E-state index in [0.29, 0.717) is 6.61 Å². The Balaban J connectivity index is 2.33. The predicted octanol–water partition coefficient (Wildman–Crippen LogP) is 0.242. The van der Waals surface area contributed by atoms with Crippen LogP contribution in [0, 0.1) is 0 Å². The minimum atomic E-state index is -0.672. The van der Waals surface area contributed by atoms with Gasteiger partial charge in [-0.1, -0.05) is 18.6 Å². The molecule has 0 bridgehead atoms. The number of aromatic nitrogens is 3. The van der Waals surface area contributed by atoms with E-state index in [1.165, 1.54) is 18.0 Å². The van der Waals surface area contributed by atoms with Crippen LogP contribution >= 0.6 is 0 Å². The molecule has 7 heteroatoms. The fraction of sp³-hybridized carbons (Fsp3) is 0.727. The number of aliphatic hydroxyl groups is 1. The van der Waals surface area contributed by atoms with Crippen LogP contribution in [-0.4, -0.2) is 52.5 Å². The van der Waals surface area contributed by atoms with E-state index in [1.807, 2.05) is 0 Å². The third-order valence-corrected chi connectivity index (χ3v) is 2.28. The molecule has 1 rings (SSSR count). The van der Waals surface area contributed by atoms with Crippen molar-refractivity contribution >= 4 is 5.97 Å². The molecule has 0 radical (unpaired) electrons. The minimum absolute atomic E-state index is 0.122. The van der Waals surface area contributed by atoms with Crippen molar-refractivity contribution in [1.29, 1.82) is 0 Å². The van der Waals surface area contributed by atoms with E-state index < -0.39 is 12.1 Å². The van der Waals surface area contributed by atoms with Gasteiger partial charge in [0.1, 0.15) is 0 Å². The van der Waals surface area contributed by atoms with Crippen molar-refractivity contribution in [2.75, 3.05) is 20.3 Å². The number of hydrogen-bond donors (Lipinski definition) is 1. The summed E-state index contributed by atoms with van der Waals surface area (Å²) in [6, 6.07) is 0. The lowest BCUT2D eigenvalue weighted by atomic mass is 10.3. The molecule has 0 aliphatic heterocycles. The lowest BCUT2D eigenvalue weighted by Crippen LogP contribution is -2.22. The van der Waals surface area contributed by atoms with Crippen LogP contribution < -0.4 is 0 Å². The lowest BCUT2D eigenvalue weighted by Gasteiger charge is -2.10. The number of nitrogens with zero attached hydrogens (tertiary/aromatic N) is 3. The summed E-state index contributed by atoms with van der Waals surface area (Å²) in [5.74, 6) is -0.546. The summed E-state index contributed by atoms with van der Waals surface area (Å²) in [4.78, 5) is 11.1. The highest BCUT2D eigenvalue weighted by atomic mass is 16.5. The molecular formula is C11H19N3O4. The first-order valence-electron chi connectivity index (χ1n) is 5.91. The molecule has 102 valence electrons. The first-order valence-corrected chi connectivity index (χ1v) is 5.91. The monoisotopic (exact) mass is 257 g/mol. The fourth-order valence-corrected chi connectivity index (χ4v) is 1.32. The number of rotatable bonds is 8. The van der Waals surface area contributed by atoms with E-state index in [0.717, 1.165) is 12.8 Å². The molecule has 0 aliphatic carbocycles. The Bertz CT molecular complexity index is 367. The van der Waals surface area contributed by atoms with Gasteiger partial charge in [-0.3, -0.25) is 0 Å². The van der Waals surface area contributed by atoms with Gasteiger partial charge in [0.25, 0.3) is 0 Å². The summed E-state index contributed by atoms with van der Waals surface area (Å²) in [6.45, 7) is 3.19. The highest BCUT2D eigenvalue weighted by Gasteiger charge is 2.12. The first-order chi connectivity index (χ1) is 8.67. The van der Waals surface area contributed by atoms with Crippen LogP contribution in [0.15, 0.2) is 6.20 Å². The number of esters is 1. The zero-order chi connectivity index (χ0) is 13.4. The van der Waals surface area contributed by atoms with Crippen molar-refractivity contribution in [2.45, 2.75) is 32.4 Å². The van der Waals surface area contributed by atoms with Gasteiger partial charge in [0.15, 0.2) is 5.69 Å². The molecule has 0 saturated heterocycles. The van der Waals surface area contributed by atoms with Gasteiger partial charge >= 0.3 is 5.97 Å². The number of methoxy groups -OCH3 is 1. The maximum absolute atomic E-state index is 11.1. The molecular weight excluding hydrogens is 238 g/mol. The minimum Gasteiger partial charge on any atom is -0.464 e. The van der Waals surface area contributed by atoms with Gasteiger partial charge in [-0.05, 0) is 6.42 Å². The topological polar surface area (TPSA) is 86.5 Å². The molecule has 0 aliphatic rings. The Morgan fingerprint density at radius 2 is 2.39 bits per heavy atom. The third-order valence-electron chi connectivity index (χ3n) is 2.28. The lowest BCUT2D eigenvalue weighted by molar-refractivity contribution is 0.0251. The third kappa shape index (κ3) is 4.80. The first kappa shape index (κ1) is 14.6. The van der Waals surface area contributed by atoms with E-state index in [2.05, 4.69) is 22.0 Å². The van der Waals surface area contributed by atoms with Gasteiger partial charge in [-0.25, -0.2) is 9.48 Å². The number of aliphatic hydroxyl groups excluding tert-OH is 1. The Morgan fingerprint density at radius 1 is 1.61 bits per heavy atom. The van der Waals surface area contributed by atoms with Crippen LogP contribution in [0.5, 0.6) is 0 Å². The quantitative estimate of drug-likeness (QED) is 0.530. The second kappa shape index (κ2) is 7.78. The Kier molecular flexibility index (Phi) is 6.31. The number of carbonyl (C=O) groups excluding carboxylic acids is 1. The van der Waals surface area contributed by atoms with Crippen LogP contribution in [0.2, 0.25) is 0 Å². The van der Waals surface area contributed by atoms with E-state index in [1.54, 1.807) is 0 Å². The molecule has 1 N–H and O–H groups in total. The zero-order valence-electron chi connectivity index (χ0n) is 10.7. The summed E-state index contributed by atoms with van der Waals surface area (Å²) in [5, 5.41) is 17.0. The molecule has 1 aromatic heterocycles. The number of hydrogen-bond acceptors (Lipinski definition) is 6. The average Bonchev–Trinajstić information content (AvgIpc) is 2.82. The predicted molar refractivity (Wildman–Crippen MR) is 63.1 cm³/mol.